The molecule has 0 saturated heterocycles. The summed E-state index contributed by atoms with van der Waals surface area (Å²) in [4.78, 5) is 27.0. The van der Waals surface area contributed by atoms with Crippen molar-refractivity contribution in [2.24, 2.45) is 5.92 Å². The molecule has 1 heterocycles. The van der Waals surface area contributed by atoms with E-state index in [1.807, 2.05) is 36.4 Å². The van der Waals surface area contributed by atoms with Crippen molar-refractivity contribution >= 4 is 5.91 Å². The first-order valence-electron chi connectivity index (χ1n) is 8.82. The molecule has 0 radical (unpaired) electrons. The highest BCUT2D eigenvalue weighted by Crippen LogP contribution is 2.22. The molecular formula is C21H25N3O2. The summed E-state index contributed by atoms with van der Waals surface area (Å²) in [6.07, 6.45) is 0.781. The van der Waals surface area contributed by atoms with E-state index in [-0.39, 0.29) is 29.0 Å². The van der Waals surface area contributed by atoms with Crippen LogP contribution in [0, 0.1) is 31.1 Å². The fourth-order valence-electron chi connectivity index (χ4n) is 3.20. The molecule has 1 atom stereocenters. The third kappa shape index (κ3) is 4.40. The Morgan fingerprint density at radius 3 is 2.46 bits per heavy atom. The molecular weight excluding hydrogens is 326 g/mol. The lowest BCUT2D eigenvalue weighted by atomic mass is 9.95. The molecule has 2 aromatic rings. The standard InChI is InChI=1S/C21H25N3O2/c1-13(2)20(16-8-6-5-7-9-16)24-19(25)11-10-17-14(3)18(12-22)21(26)23-15(17)4/h5-9,13,20H,10-11H2,1-4H3,(H,23,26)(H,24,25). The molecule has 0 aliphatic carbocycles. The minimum Gasteiger partial charge on any atom is -0.349 e. The van der Waals surface area contributed by atoms with Crippen molar-refractivity contribution in [1.82, 2.24) is 10.3 Å². The first kappa shape index (κ1) is 19.5. The number of nitrogens with zero attached hydrogens (tertiary/aromatic N) is 1. The van der Waals surface area contributed by atoms with E-state index >= 15 is 0 Å². The molecule has 0 aliphatic rings. The lowest BCUT2D eigenvalue weighted by molar-refractivity contribution is -0.122. The molecule has 1 unspecified atom stereocenters. The van der Waals surface area contributed by atoms with E-state index in [1.165, 1.54) is 0 Å². The van der Waals surface area contributed by atoms with E-state index < -0.39 is 0 Å². The van der Waals surface area contributed by atoms with Gasteiger partial charge in [0.05, 0.1) is 6.04 Å². The van der Waals surface area contributed by atoms with Crippen LogP contribution >= 0.6 is 0 Å². The first-order valence-corrected chi connectivity index (χ1v) is 8.82. The molecule has 5 nitrogen and oxygen atoms in total. The normalized spacial score (nSPS) is 11.8. The van der Waals surface area contributed by atoms with Crippen LogP contribution in [0.1, 0.15) is 54.3 Å². The van der Waals surface area contributed by atoms with Crippen molar-refractivity contribution < 1.29 is 4.79 Å². The Bertz CT molecular complexity index is 877. The highest BCUT2D eigenvalue weighted by molar-refractivity contribution is 5.77. The van der Waals surface area contributed by atoms with Gasteiger partial charge in [-0.05, 0) is 42.9 Å². The highest BCUT2D eigenvalue weighted by Gasteiger charge is 2.19. The number of aryl methyl sites for hydroxylation is 1. The monoisotopic (exact) mass is 351 g/mol. The summed E-state index contributed by atoms with van der Waals surface area (Å²) in [5.74, 6) is 0.221. The Morgan fingerprint density at radius 1 is 1.23 bits per heavy atom. The van der Waals surface area contributed by atoms with Gasteiger partial charge in [0, 0.05) is 12.1 Å². The molecule has 0 aliphatic heterocycles. The van der Waals surface area contributed by atoms with Crippen LogP contribution in [0.2, 0.25) is 0 Å². The van der Waals surface area contributed by atoms with E-state index in [9.17, 15) is 9.59 Å². The SMILES string of the molecule is Cc1[nH]c(=O)c(C#N)c(C)c1CCC(=O)NC(c1ccccc1)C(C)C. The fraction of sp³-hybridized carbons (Fsp3) is 0.381. The molecule has 0 bridgehead atoms. The van der Waals surface area contributed by atoms with Crippen molar-refractivity contribution in [3.63, 3.8) is 0 Å². The maximum Gasteiger partial charge on any atom is 0.266 e. The van der Waals surface area contributed by atoms with Crippen LogP contribution in [-0.2, 0) is 11.2 Å². The summed E-state index contributed by atoms with van der Waals surface area (Å²) in [5, 5.41) is 12.3. The second kappa shape index (κ2) is 8.48. The van der Waals surface area contributed by atoms with E-state index in [0.717, 1.165) is 11.1 Å². The lowest BCUT2D eigenvalue weighted by Crippen LogP contribution is -2.32. The third-order valence-electron chi connectivity index (χ3n) is 4.66. The summed E-state index contributed by atoms with van der Waals surface area (Å²) in [5.41, 5.74) is 3.05. The van der Waals surface area contributed by atoms with Crippen LogP contribution in [0.5, 0.6) is 0 Å². The number of hydrogen-bond acceptors (Lipinski definition) is 3. The second-order valence-electron chi connectivity index (χ2n) is 6.87. The number of nitrogens with one attached hydrogen (secondary N) is 2. The Morgan fingerprint density at radius 2 is 1.88 bits per heavy atom. The Balaban J connectivity index is 2.12. The van der Waals surface area contributed by atoms with Crippen LogP contribution in [0.15, 0.2) is 35.1 Å². The summed E-state index contributed by atoms with van der Waals surface area (Å²) in [7, 11) is 0. The van der Waals surface area contributed by atoms with Gasteiger partial charge < -0.3 is 10.3 Å². The van der Waals surface area contributed by atoms with Gasteiger partial charge in [-0.2, -0.15) is 5.26 Å². The average Bonchev–Trinajstić information content (AvgIpc) is 2.60. The first-order chi connectivity index (χ1) is 12.3. The smallest absolute Gasteiger partial charge is 0.266 e. The molecule has 1 amide bonds. The number of aromatic nitrogens is 1. The summed E-state index contributed by atoms with van der Waals surface area (Å²) in [6.45, 7) is 7.71. The molecule has 0 fully saturated rings. The van der Waals surface area contributed by atoms with Crippen LogP contribution in [-0.4, -0.2) is 10.9 Å². The largest absolute Gasteiger partial charge is 0.349 e. The number of H-pyrrole nitrogens is 1. The van der Waals surface area contributed by atoms with Gasteiger partial charge in [-0.15, -0.1) is 0 Å². The number of hydrogen-bond donors (Lipinski definition) is 2. The van der Waals surface area contributed by atoms with Crippen molar-refractivity contribution in [1.29, 1.82) is 5.26 Å². The molecule has 0 saturated carbocycles. The maximum atomic E-state index is 12.5. The molecule has 1 aromatic carbocycles. The number of pyridine rings is 1. The zero-order chi connectivity index (χ0) is 19.3. The number of benzene rings is 1. The molecule has 26 heavy (non-hydrogen) atoms. The van der Waals surface area contributed by atoms with E-state index in [2.05, 4.69) is 24.1 Å². The van der Waals surface area contributed by atoms with Crippen molar-refractivity contribution in [2.45, 2.75) is 46.6 Å². The lowest BCUT2D eigenvalue weighted by Gasteiger charge is -2.23. The van der Waals surface area contributed by atoms with Gasteiger partial charge in [-0.1, -0.05) is 44.2 Å². The predicted octanol–water partition coefficient (Wildman–Crippen LogP) is 3.31. The van der Waals surface area contributed by atoms with E-state index in [1.54, 1.807) is 13.8 Å². The predicted molar refractivity (Wildman–Crippen MR) is 102 cm³/mol. The van der Waals surface area contributed by atoms with Crippen LogP contribution in [0.25, 0.3) is 0 Å². The molecule has 2 N–H and O–H groups in total. The number of amides is 1. The van der Waals surface area contributed by atoms with Crippen molar-refractivity contribution in [2.75, 3.05) is 0 Å². The van der Waals surface area contributed by atoms with Gasteiger partial charge in [-0.3, -0.25) is 9.59 Å². The van der Waals surface area contributed by atoms with E-state index in [4.69, 9.17) is 5.26 Å². The van der Waals surface area contributed by atoms with Crippen molar-refractivity contribution in [3.8, 4) is 6.07 Å². The Labute approximate surface area is 154 Å². The second-order valence-corrected chi connectivity index (χ2v) is 6.87. The average molecular weight is 351 g/mol. The minimum atomic E-state index is -0.375. The number of carbonyl (C=O) groups is 1. The molecule has 5 heteroatoms. The van der Waals surface area contributed by atoms with E-state index in [0.29, 0.717) is 24.1 Å². The van der Waals surface area contributed by atoms with Gasteiger partial charge >= 0.3 is 0 Å². The summed E-state index contributed by atoms with van der Waals surface area (Å²) in [6, 6.07) is 11.8. The van der Waals surface area contributed by atoms with Crippen molar-refractivity contribution in [3.05, 3.63) is 68.6 Å². The minimum absolute atomic E-state index is 0.0452. The summed E-state index contributed by atoms with van der Waals surface area (Å²) >= 11 is 0. The quantitative estimate of drug-likeness (QED) is 0.837. The summed E-state index contributed by atoms with van der Waals surface area (Å²) < 4.78 is 0. The molecule has 0 spiro atoms. The maximum absolute atomic E-state index is 12.5. The van der Waals surface area contributed by atoms with Crippen LogP contribution in [0.3, 0.4) is 0 Å². The zero-order valence-corrected chi connectivity index (χ0v) is 15.7. The number of nitriles is 1. The van der Waals surface area contributed by atoms with Gasteiger partial charge in [0.15, 0.2) is 0 Å². The topological polar surface area (TPSA) is 85.8 Å². The highest BCUT2D eigenvalue weighted by atomic mass is 16.1. The molecule has 2 rings (SSSR count). The van der Waals surface area contributed by atoms with Gasteiger partial charge in [0.25, 0.3) is 5.56 Å². The molecule has 136 valence electrons. The van der Waals surface area contributed by atoms with Crippen LogP contribution in [0.4, 0.5) is 0 Å². The van der Waals surface area contributed by atoms with Gasteiger partial charge in [0.2, 0.25) is 5.91 Å². The van der Waals surface area contributed by atoms with Gasteiger partial charge in [0.1, 0.15) is 11.6 Å². The van der Waals surface area contributed by atoms with Crippen LogP contribution < -0.4 is 10.9 Å². The zero-order valence-electron chi connectivity index (χ0n) is 15.7. The molecule has 1 aromatic heterocycles. The van der Waals surface area contributed by atoms with Gasteiger partial charge in [-0.25, -0.2) is 0 Å². The number of rotatable bonds is 6. The number of carbonyl (C=O) groups excluding carboxylic acids is 1. The Hall–Kier alpha value is -2.87. The number of aromatic amines is 1. The third-order valence-corrected chi connectivity index (χ3v) is 4.66. The Kier molecular flexibility index (Phi) is 6.35. The fourth-order valence-corrected chi connectivity index (χ4v) is 3.20.